The Labute approximate surface area is 195 Å². The van der Waals surface area contributed by atoms with E-state index in [1.165, 1.54) is 4.57 Å². The third kappa shape index (κ3) is 8.70. The molecule has 0 atom stereocenters. The minimum Gasteiger partial charge on any atom is -0.489 e. The van der Waals surface area contributed by atoms with Gasteiger partial charge in [0.05, 0.1) is 6.54 Å². The number of rotatable bonds is 8. The van der Waals surface area contributed by atoms with Crippen molar-refractivity contribution in [1.29, 1.82) is 0 Å². The Morgan fingerprint density at radius 1 is 1.06 bits per heavy atom. The first kappa shape index (κ1) is 27.2. The quantitative estimate of drug-likeness (QED) is 0.407. The van der Waals surface area contributed by atoms with Gasteiger partial charge in [-0.25, -0.2) is 14.7 Å². The third-order valence-electron chi connectivity index (χ3n) is 4.48. The number of carbonyl (C=O) groups is 1. The van der Waals surface area contributed by atoms with Crippen LogP contribution in [-0.4, -0.2) is 38.6 Å². The Morgan fingerprint density at radius 3 is 2.17 bits per heavy atom. The summed E-state index contributed by atoms with van der Waals surface area (Å²) in [4.78, 5) is 20.9. The summed E-state index contributed by atoms with van der Waals surface area (Å²) < 4.78 is 64.5. The van der Waals surface area contributed by atoms with Crippen molar-refractivity contribution < 1.29 is 36.6 Å². The number of hydrogen-bond acceptors (Lipinski definition) is 5. The molecular formula is C22H21F5N4O4. The van der Waals surface area contributed by atoms with Gasteiger partial charge in [0, 0.05) is 18.5 Å². The van der Waals surface area contributed by atoms with E-state index in [0.717, 1.165) is 11.1 Å². The normalized spacial score (nSPS) is 10.8. The van der Waals surface area contributed by atoms with E-state index in [-0.39, 0.29) is 30.9 Å². The number of aromatic nitrogens is 3. The van der Waals surface area contributed by atoms with Gasteiger partial charge in [0.2, 0.25) is 0 Å². The summed E-state index contributed by atoms with van der Waals surface area (Å²) >= 11 is 0. The molecule has 0 radical (unpaired) electrons. The second-order valence-corrected chi connectivity index (χ2v) is 7.00. The maximum Gasteiger partial charge on any atom is 0.490 e. The molecule has 0 spiro atoms. The van der Waals surface area contributed by atoms with Crippen LogP contribution < -0.4 is 16.2 Å². The summed E-state index contributed by atoms with van der Waals surface area (Å²) in [7, 11) is 0. The summed E-state index contributed by atoms with van der Waals surface area (Å²) in [5.74, 6) is -1.85. The largest absolute Gasteiger partial charge is 0.490 e. The van der Waals surface area contributed by atoms with E-state index >= 15 is 0 Å². The van der Waals surface area contributed by atoms with Gasteiger partial charge in [-0.3, -0.25) is 4.57 Å². The number of ether oxygens (including phenoxy) is 1. The average Bonchev–Trinajstić information content (AvgIpc) is 3.16. The van der Waals surface area contributed by atoms with Crippen molar-refractivity contribution in [3.63, 3.8) is 0 Å². The summed E-state index contributed by atoms with van der Waals surface area (Å²) in [6.45, 7) is 0.362. The number of nitrogens with zero attached hydrogens (tertiary/aromatic N) is 2. The van der Waals surface area contributed by atoms with E-state index in [9.17, 15) is 26.7 Å². The standard InChI is InChI=1S/C20H20F2N4O2.C2HF3O2/c21-19(22)16(11-23)10-18-24-25-20(27)26(18)12-14-6-8-17(9-7-14)28-13-15-4-2-1-3-5-15;3-2(4,5)1(6)7/h1-9H,10-13,23H2,(H,25,27);(H,6,7). The second-order valence-electron chi connectivity index (χ2n) is 7.00. The van der Waals surface area contributed by atoms with Crippen LogP contribution >= 0.6 is 0 Å². The highest BCUT2D eigenvalue weighted by atomic mass is 19.4. The van der Waals surface area contributed by atoms with Gasteiger partial charge in [-0.1, -0.05) is 42.5 Å². The SMILES string of the molecule is NCC(Cc1n[nH]c(=O)n1Cc1ccc(OCc2ccccc2)cc1)=C(F)F.O=C(O)C(F)(F)F. The number of halogens is 5. The lowest BCUT2D eigenvalue weighted by Gasteiger charge is -2.09. The van der Waals surface area contributed by atoms with Crippen molar-refractivity contribution in [2.75, 3.05) is 6.54 Å². The van der Waals surface area contributed by atoms with Crippen LogP contribution in [0.2, 0.25) is 0 Å². The molecule has 0 bridgehead atoms. The number of carboxylic acids is 1. The molecule has 0 aliphatic carbocycles. The molecule has 3 rings (SSSR count). The molecule has 0 saturated carbocycles. The maximum atomic E-state index is 12.9. The van der Waals surface area contributed by atoms with E-state index in [4.69, 9.17) is 20.4 Å². The van der Waals surface area contributed by atoms with Gasteiger partial charge in [0.25, 0.3) is 6.08 Å². The molecule has 0 aliphatic heterocycles. The van der Waals surface area contributed by atoms with Gasteiger partial charge >= 0.3 is 17.8 Å². The summed E-state index contributed by atoms with van der Waals surface area (Å²) in [5.41, 5.74) is 6.51. The number of alkyl halides is 3. The van der Waals surface area contributed by atoms with Crippen molar-refractivity contribution in [2.45, 2.75) is 25.7 Å². The molecule has 8 nitrogen and oxygen atoms in total. The van der Waals surface area contributed by atoms with Crippen LogP contribution in [0.25, 0.3) is 0 Å². The second kappa shape index (κ2) is 12.5. The van der Waals surface area contributed by atoms with Crippen molar-refractivity contribution in [3.05, 3.63) is 93.7 Å². The number of aromatic amines is 1. The summed E-state index contributed by atoms with van der Waals surface area (Å²) in [6, 6.07) is 17.0. The number of hydrogen-bond donors (Lipinski definition) is 3. The van der Waals surface area contributed by atoms with Crippen LogP contribution in [0, 0.1) is 0 Å². The molecule has 0 unspecified atom stereocenters. The van der Waals surface area contributed by atoms with Gasteiger partial charge in [-0.2, -0.15) is 27.1 Å². The molecule has 13 heteroatoms. The van der Waals surface area contributed by atoms with Gasteiger partial charge in [-0.05, 0) is 23.3 Å². The molecule has 0 amide bonds. The first-order valence-corrected chi connectivity index (χ1v) is 9.94. The Balaban J connectivity index is 0.000000540. The lowest BCUT2D eigenvalue weighted by molar-refractivity contribution is -0.192. The van der Waals surface area contributed by atoms with E-state index < -0.39 is 23.9 Å². The molecule has 3 aromatic rings. The van der Waals surface area contributed by atoms with E-state index in [2.05, 4.69) is 10.2 Å². The number of carboxylic acid groups (broad SMARTS) is 1. The van der Waals surface area contributed by atoms with Crippen LogP contribution in [-0.2, 0) is 24.4 Å². The number of aliphatic carboxylic acids is 1. The maximum absolute atomic E-state index is 12.9. The van der Waals surface area contributed by atoms with Crippen LogP contribution in [0.15, 0.2) is 71.0 Å². The molecule has 0 saturated heterocycles. The third-order valence-corrected chi connectivity index (χ3v) is 4.48. The fourth-order valence-electron chi connectivity index (χ4n) is 2.67. The highest BCUT2D eigenvalue weighted by molar-refractivity contribution is 5.73. The van der Waals surface area contributed by atoms with Crippen molar-refractivity contribution >= 4 is 5.97 Å². The zero-order valence-electron chi connectivity index (χ0n) is 18.1. The molecule has 188 valence electrons. The van der Waals surface area contributed by atoms with Crippen LogP contribution in [0.3, 0.4) is 0 Å². The molecule has 1 heterocycles. The summed E-state index contributed by atoms with van der Waals surface area (Å²) in [5, 5.41) is 13.3. The topological polar surface area (TPSA) is 123 Å². The fraction of sp³-hybridized carbons (Fsp3) is 0.227. The minimum atomic E-state index is -5.08. The van der Waals surface area contributed by atoms with Crippen LogP contribution in [0.1, 0.15) is 17.0 Å². The predicted octanol–water partition coefficient (Wildman–Crippen LogP) is 3.48. The van der Waals surface area contributed by atoms with Gasteiger partial charge in [0.15, 0.2) is 0 Å². The number of nitrogens with two attached hydrogens (primary N) is 1. The van der Waals surface area contributed by atoms with Gasteiger partial charge < -0.3 is 15.6 Å². The molecular weight excluding hydrogens is 479 g/mol. The van der Waals surface area contributed by atoms with E-state index in [1.54, 1.807) is 12.1 Å². The first-order valence-electron chi connectivity index (χ1n) is 9.94. The zero-order valence-corrected chi connectivity index (χ0v) is 18.1. The van der Waals surface area contributed by atoms with Crippen LogP contribution in [0.5, 0.6) is 5.75 Å². The predicted molar refractivity (Wildman–Crippen MR) is 115 cm³/mol. The lowest BCUT2D eigenvalue weighted by atomic mass is 10.2. The molecule has 4 N–H and O–H groups in total. The molecule has 35 heavy (non-hydrogen) atoms. The lowest BCUT2D eigenvalue weighted by Crippen LogP contribution is -2.21. The minimum absolute atomic E-state index is 0.185. The van der Waals surface area contributed by atoms with E-state index in [0.29, 0.717) is 12.4 Å². The number of nitrogens with one attached hydrogen (secondary N) is 1. The molecule has 0 aliphatic rings. The molecule has 0 fully saturated rings. The van der Waals surface area contributed by atoms with Crippen LogP contribution in [0.4, 0.5) is 22.0 Å². The number of H-pyrrole nitrogens is 1. The molecule has 1 aromatic heterocycles. The Hall–Kier alpha value is -4.00. The fourth-order valence-corrected chi connectivity index (χ4v) is 2.67. The highest BCUT2D eigenvalue weighted by Crippen LogP contribution is 2.16. The van der Waals surface area contributed by atoms with Crippen molar-refractivity contribution in [3.8, 4) is 5.75 Å². The summed E-state index contributed by atoms with van der Waals surface area (Å²) in [6.07, 6.45) is -7.11. The number of benzene rings is 2. The monoisotopic (exact) mass is 500 g/mol. The Morgan fingerprint density at radius 2 is 1.66 bits per heavy atom. The molecule has 2 aromatic carbocycles. The average molecular weight is 500 g/mol. The van der Waals surface area contributed by atoms with Gasteiger partial charge in [0.1, 0.15) is 18.2 Å². The first-order chi connectivity index (χ1) is 16.5. The van der Waals surface area contributed by atoms with E-state index in [1.807, 2.05) is 42.5 Å². The Kier molecular flexibility index (Phi) is 9.70. The highest BCUT2D eigenvalue weighted by Gasteiger charge is 2.38. The Bertz CT molecular complexity index is 1190. The van der Waals surface area contributed by atoms with Gasteiger partial charge in [-0.15, -0.1) is 0 Å². The van der Waals surface area contributed by atoms with Crippen molar-refractivity contribution in [1.82, 2.24) is 14.8 Å². The smallest absolute Gasteiger partial charge is 0.489 e. The zero-order chi connectivity index (χ0) is 26.0. The van der Waals surface area contributed by atoms with Crippen molar-refractivity contribution in [2.24, 2.45) is 5.73 Å².